The molecule has 0 saturated carbocycles. The Hall–Kier alpha value is -0.0800. The first-order valence-corrected chi connectivity index (χ1v) is 4.00. The Morgan fingerprint density at radius 3 is 2.10 bits per heavy atom. The van der Waals surface area contributed by atoms with Gasteiger partial charge in [-0.2, -0.15) is 0 Å². The van der Waals surface area contributed by atoms with Crippen molar-refractivity contribution >= 4 is 0 Å². The smallest absolute Gasteiger partial charge is 0.0265 e. The average Bonchev–Trinajstić information content (AvgIpc) is 1.85. The third-order valence-electron chi connectivity index (χ3n) is 1.58. The van der Waals surface area contributed by atoms with E-state index in [1.165, 1.54) is 0 Å². The molecule has 0 aromatic rings. The Kier molecular flexibility index (Phi) is 3.91. The second kappa shape index (κ2) is 3.94. The van der Waals surface area contributed by atoms with Gasteiger partial charge < -0.3 is 0 Å². The fourth-order valence-electron chi connectivity index (χ4n) is 0.428. The molecule has 2 heteroatoms. The van der Waals surface area contributed by atoms with E-state index in [4.69, 9.17) is 0 Å². The minimum atomic E-state index is 0.213. The zero-order valence-corrected chi connectivity index (χ0v) is 7.78. The largest absolute Gasteiger partial charge is 0.255 e. The molecule has 0 saturated heterocycles. The summed E-state index contributed by atoms with van der Waals surface area (Å²) in [5, 5.41) is 0. The highest BCUT2D eigenvalue weighted by Gasteiger charge is 2.12. The maximum Gasteiger partial charge on any atom is 0.0265 e. The van der Waals surface area contributed by atoms with Crippen molar-refractivity contribution in [3.05, 3.63) is 0 Å². The molecule has 0 amide bonds. The van der Waals surface area contributed by atoms with Crippen LogP contribution in [0.1, 0.15) is 41.0 Å². The van der Waals surface area contributed by atoms with Crippen LogP contribution < -0.4 is 10.9 Å². The number of hydrazine groups is 1. The summed E-state index contributed by atoms with van der Waals surface area (Å²) in [6.45, 7) is 10.8. The highest BCUT2D eigenvalue weighted by molar-refractivity contribution is 4.72. The van der Waals surface area contributed by atoms with Gasteiger partial charge in [-0.25, -0.2) is 0 Å². The van der Waals surface area contributed by atoms with Gasteiger partial charge in [0, 0.05) is 11.6 Å². The van der Waals surface area contributed by atoms with E-state index in [2.05, 4.69) is 45.5 Å². The number of nitrogens with one attached hydrogen (secondary N) is 2. The van der Waals surface area contributed by atoms with E-state index in [-0.39, 0.29) is 5.54 Å². The molecule has 0 radical (unpaired) electrons. The van der Waals surface area contributed by atoms with Gasteiger partial charge in [-0.1, -0.05) is 6.92 Å². The minimum absolute atomic E-state index is 0.213. The number of hydrogen-bond acceptors (Lipinski definition) is 2. The van der Waals surface area contributed by atoms with E-state index in [1.54, 1.807) is 0 Å². The fraction of sp³-hybridized carbons (Fsp3) is 1.00. The Labute approximate surface area is 64.4 Å². The summed E-state index contributed by atoms with van der Waals surface area (Å²) >= 11 is 0. The highest BCUT2D eigenvalue weighted by atomic mass is 15.4. The average molecular weight is 144 g/mol. The lowest BCUT2D eigenvalue weighted by molar-refractivity contribution is 0.301. The molecule has 0 atom stereocenters. The molecule has 0 aliphatic carbocycles. The van der Waals surface area contributed by atoms with Crippen molar-refractivity contribution in [1.29, 1.82) is 0 Å². The molecule has 0 aromatic carbocycles. The number of rotatable bonds is 4. The summed E-state index contributed by atoms with van der Waals surface area (Å²) in [5.74, 6) is 0. The molecule has 10 heavy (non-hydrogen) atoms. The van der Waals surface area contributed by atoms with Crippen LogP contribution in [0.3, 0.4) is 0 Å². The van der Waals surface area contributed by atoms with Gasteiger partial charge in [0.1, 0.15) is 0 Å². The van der Waals surface area contributed by atoms with Crippen molar-refractivity contribution in [3.8, 4) is 0 Å². The summed E-state index contributed by atoms with van der Waals surface area (Å²) in [6, 6.07) is 0.505. The first-order valence-electron chi connectivity index (χ1n) is 4.00. The van der Waals surface area contributed by atoms with Crippen molar-refractivity contribution in [1.82, 2.24) is 10.9 Å². The predicted molar refractivity (Wildman–Crippen MR) is 45.8 cm³/mol. The van der Waals surface area contributed by atoms with Crippen LogP contribution in [-0.4, -0.2) is 11.6 Å². The molecule has 0 rings (SSSR count). The normalized spacial score (nSPS) is 12.6. The SMILES string of the molecule is CCC(C)(C)NNC(C)C. The van der Waals surface area contributed by atoms with E-state index in [9.17, 15) is 0 Å². The van der Waals surface area contributed by atoms with Crippen LogP contribution in [0, 0.1) is 0 Å². The van der Waals surface area contributed by atoms with Crippen molar-refractivity contribution < 1.29 is 0 Å². The fourth-order valence-corrected chi connectivity index (χ4v) is 0.428. The highest BCUT2D eigenvalue weighted by Crippen LogP contribution is 2.04. The molecular formula is C8H20N2. The van der Waals surface area contributed by atoms with Crippen LogP contribution in [-0.2, 0) is 0 Å². The van der Waals surface area contributed by atoms with Crippen molar-refractivity contribution in [2.45, 2.75) is 52.6 Å². The predicted octanol–water partition coefficient (Wildman–Crippen LogP) is 1.68. The molecule has 0 fully saturated rings. The Bertz CT molecular complexity index is 87.3. The topological polar surface area (TPSA) is 24.1 Å². The molecule has 2 N–H and O–H groups in total. The summed E-state index contributed by atoms with van der Waals surface area (Å²) in [6.07, 6.45) is 1.13. The van der Waals surface area contributed by atoms with E-state index < -0.39 is 0 Å². The molecule has 0 spiro atoms. The maximum atomic E-state index is 3.26. The van der Waals surface area contributed by atoms with Gasteiger partial charge in [-0.3, -0.25) is 10.9 Å². The summed E-state index contributed by atoms with van der Waals surface area (Å²) in [7, 11) is 0. The van der Waals surface area contributed by atoms with Gasteiger partial charge in [-0.05, 0) is 34.1 Å². The molecule has 0 unspecified atom stereocenters. The van der Waals surface area contributed by atoms with Crippen LogP contribution in [0.25, 0.3) is 0 Å². The third kappa shape index (κ3) is 4.77. The van der Waals surface area contributed by atoms with Crippen LogP contribution in [0.4, 0.5) is 0 Å². The molecule has 0 bridgehead atoms. The van der Waals surface area contributed by atoms with Crippen molar-refractivity contribution in [2.75, 3.05) is 0 Å². The molecule has 0 heterocycles. The van der Waals surface area contributed by atoms with Gasteiger partial charge in [0.15, 0.2) is 0 Å². The molecule has 62 valence electrons. The molecular weight excluding hydrogens is 124 g/mol. The van der Waals surface area contributed by atoms with Gasteiger partial charge >= 0.3 is 0 Å². The minimum Gasteiger partial charge on any atom is -0.255 e. The maximum absolute atomic E-state index is 3.26. The molecule has 0 aliphatic rings. The zero-order valence-electron chi connectivity index (χ0n) is 7.78. The van der Waals surface area contributed by atoms with E-state index in [0.717, 1.165) is 6.42 Å². The quantitative estimate of drug-likeness (QED) is 0.587. The molecule has 0 aromatic heterocycles. The second-order valence-electron chi connectivity index (χ2n) is 3.66. The molecule has 2 nitrogen and oxygen atoms in total. The van der Waals surface area contributed by atoms with Gasteiger partial charge in [0.25, 0.3) is 0 Å². The Morgan fingerprint density at radius 2 is 1.80 bits per heavy atom. The van der Waals surface area contributed by atoms with Crippen LogP contribution >= 0.6 is 0 Å². The molecule has 0 aliphatic heterocycles. The zero-order chi connectivity index (χ0) is 8.20. The van der Waals surface area contributed by atoms with Gasteiger partial charge in [0.2, 0.25) is 0 Å². The standard InChI is InChI=1S/C8H20N2/c1-6-8(4,5)10-9-7(2)3/h7,9-10H,6H2,1-5H3. The van der Waals surface area contributed by atoms with Gasteiger partial charge in [-0.15, -0.1) is 0 Å². The third-order valence-corrected chi connectivity index (χ3v) is 1.58. The van der Waals surface area contributed by atoms with E-state index in [1.807, 2.05) is 0 Å². The van der Waals surface area contributed by atoms with Gasteiger partial charge in [0.05, 0.1) is 0 Å². The van der Waals surface area contributed by atoms with Crippen LogP contribution in [0.5, 0.6) is 0 Å². The van der Waals surface area contributed by atoms with E-state index in [0.29, 0.717) is 6.04 Å². The Balaban J connectivity index is 3.46. The Morgan fingerprint density at radius 1 is 1.30 bits per heavy atom. The van der Waals surface area contributed by atoms with Crippen molar-refractivity contribution in [3.63, 3.8) is 0 Å². The van der Waals surface area contributed by atoms with Crippen LogP contribution in [0.15, 0.2) is 0 Å². The lowest BCUT2D eigenvalue weighted by Gasteiger charge is -2.26. The lowest BCUT2D eigenvalue weighted by Crippen LogP contribution is -2.50. The van der Waals surface area contributed by atoms with E-state index >= 15 is 0 Å². The summed E-state index contributed by atoms with van der Waals surface area (Å²) in [5.41, 5.74) is 6.66. The van der Waals surface area contributed by atoms with Crippen LogP contribution in [0.2, 0.25) is 0 Å². The number of hydrogen-bond donors (Lipinski definition) is 2. The first kappa shape index (κ1) is 9.92. The summed E-state index contributed by atoms with van der Waals surface area (Å²) < 4.78 is 0. The lowest BCUT2D eigenvalue weighted by atomic mass is 10.0. The second-order valence-corrected chi connectivity index (χ2v) is 3.66. The first-order chi connectivity index (χ1) is 4.48. The van der Waals surface area contributed by atoms with Crippen molar-refractivity contribution in [2.24, 2.45) is 0 Å². The monoisotopic (exact) mass is 144 g/mol. The summed E-state index contributed by atoms with van der Waals surface area (Å²) in [4.78, 5) is 0.